The second-order valence-corrected chi connectivity index (χ2v) is 12.6. The van der Waals surface area contributed by atoms with Gasteiger partial charge in [0.25, 0.3) is 0 Å². The lowest BCUT2D eigenvalue weighted by Crippen LogP contribution is -2.49. The molecular weight excluding hydrogens is 603 g/mol. The summed E-state index contributed by atoms with van der Waals surface area (Å²) in [5.74, 6) is -2.18. The van der Waals surface area contributed by atoms with Crippen molar-refractivity contribution < 1.29 is 23.9 Å². The lowest BCUT2D eigenvalue weighted by atomic mass is 9.96. The van der Waals surface area contributed by atoms with Crippen LogP contribution in [0.25, 0.3) is 0 Å². The number of likely N-dealkylation sites (N-methyl/N-ethyl adjacent to an activating group) is 1. The van der Waals surface area contributed by atoms with Gasteiger partial charge in [-0.1, -0.05) is 36.4 Å². The maximum Gasteiger partial charge on any atom is 0.326 e. The average Bonchev–Trinajstić information content (AvgIpc) is 3.09. The van der Waals surface area contributed by atoms with Crippen LogP contribution in [0.2, 0.25) is 0 Å². The molecule has 13 heteroatoms. The Morgan fingerprint density at radius 3 is 2.36 bits per heavy atom. The molecule has 0 aliphatic carbocycles. The molecule has 3 aliphatic rings. The first kappa shape index (κ1) is 32.2. The number of amides is 3. The molecule has 1 aromatic heterocycles. The van der Waals surface area contributed by atoms with Crippen LogP contribution in [0, 0.1) is 11.7 Å². The number of hydrogen-bond donors (Lipinski definition) is 3. The fraction of sp³-hybridized carbons (Fsp3) is 0.441. The number of carbonyl (C=O) groups is 3. The molecule has 248 valence electrons. The van der Waals surface area contributed by atoms with Crippen molar-refractivity contribution in [2.45, 2.75) is 38.3 Å². The monoisotopic (exact) mass is 644 g/mol. The highest BCUT2D eigenvalue weighted by Gasteiger charge is 2.32. The number of hydrogen-bond acceptors (Lipinski definition) is 8. The Balaban J connectivity index is 1.05. The second kappa shape index (κ2) is 14.3. The highest BCUT2D eigenvalue weighted by atomic mass is 19.1. The van der Waals surface area contributed by atoms with Gasteiger partial charge in [0, 0.05) is 64.5 Å². The van der Waals surface area contributed by atoms with Crippen LogP contribution >= 0.6 is 0 Å². The lowest BCUT2D eigenvalue weighted by molar-refractivity contribution is -0.142. The molecule has 6 rings (SSSR count). The first-order chi connectivity index (χ1) is 22.7. The molecule has 2 saturated heterocycles. The fourth-order valence-electron chi connectivity index (χ4n) is 6.51. The molecule has 4 heterocycles. The number of halogens is 1. The van der Waals surface area contributed by atoms with Crippen LogP contribution in [0.15, 0.2) is 54.9 Å². The van der Waals surface area contributed by atoms with E-state index < -0.39 is 23.7 Å². The van der Waals surface area contributed by atoms with Gasteiger partial charge in [-0.15, -0.1) is 0 Å². The Bertz CT molecular complexity index is 1600. The summed E-state index contributed by atoms with van der Waals surface area (Å²) in [6, 6.07) is 13.8. The summed E-state index contributed by atoms with van der Waals surface area (Å²) in [4.78, 5) is 54.3. The number of nitrogens with one attached hydrogen (secondary N) is 2. The van der Waals surface area contributed by atoms with Crippen LogP contribution in [0.3, 0.4) is 0 Å². The molecule has 0 radical (unpaired) electrons. The van der Waals surface area contributed by atoms with Gasteiger partial charge in [0.05, 0.1) is 5.92 Å². The van der Waals surface area contributed by atoms with Crippen LogP contribution in [-0.2, 0) is 29.0 Å². The topological polar surface area (TPSA) is 134 Å². The molecule has 3 aliphatic heterocycles. The van der Waals surface area contributed by atoms with Crippen molar-refractivity contribution in [2.24, 2.45) is 5.92 Å². The minimum atomic E-state index is -1.15. The van der Waals surface area contributed by atoms with Crippen molar-refractivity contribution in [3.8, 4) is 0 Å². The molecule has 2 aromatic carbocycles. The van der Waals surface area contributed by atoms with Gasteiger partial charge < -0.3 is 35.3 Å². The highest BCUT2D eigenvalue weighted by Crippen LogP contribution is 2.31. The third kappa shape index (κ3) is 7.62. The van der Waals surface area contributed by atoms with Crippen LogP contribution in [0.1, 0.15) is 29.5 Å². The van der Waals surface area contributed by atoms with E-state index in [1.807, 2.05) is 30.1 Å². The maximum absolute atomic E-state index is 15.9. The predicted octanol–water partition coefficient (Wildman–Crippen LogP) is 2.99. The number of carbonyl (C=O) groups excluding carboxylic acids is 2. The molecule has 0 spiro atoms. The molecule has 2 fully saturated rings. The van der Waals surface area contributed by atoms with E-state index in [1.54, 1.807) is 34.1 Å². The number of rotatable bonds is 8. The number of piperidine rings is 1. The summed E-state index contributed by atoms with van der Waals surface area (Å²) in [7, 11) is 2.02. The Morgan fingerprint density at radius 1 is 0.936 bits per heavy atom. The van der Waals surface area contributed by atoms with E-state index in [1.165, 1.54) is 11.9 Å². The smallest absolute Gasteiger partial charge is 0.326 e. The third-order valence-electron chi connectivity index (χ3n) is 9.32. The van der Waals surface area contributed by atoms with Gasteiger partial charge >= 0.3 is 12.0 Å². The van der Waals surface area contributed by atoms with E-state index in [0.29, 0.717) is 56.8 Å². The van der Waals surface area contributed by atoms with Crippen molar-refractivity contribution in [1.82, 2.24) is 25.1 Å². The van der Waals surface area contributed by atoms with E-state index in [2.05, 4.69) is 31.6 Å². The predicted molar refractivity (Wildman–Crippen MR) is 176 cm³/mol. The zero-order valence-electron chi connectivity index (χ0n) is 26.6. The van der Waals surface area contributed by atoms with Gasteiger partial charge in [-0.3, -0.25) is 4.79 Å². The fourth-order valence-corrected chi connectivity index (χ4v) is 6.51. The van der Waals surface area contributed by atoms with Gasteiger partial charge in [0.15, 0.2) is 11.6 Å². The largest absolute Gasteiger partial charge is 0.480 e. The van der Waals surface area contributed by atoms with Crippen molar-refractivity contribution in [2.75, 3.05) is 68.0 Å². The summed E-state index contributed by atoms with van der Waals surface area (Å²) in [5.41, 5.74) is 3.72. The number of aromatic nitrogens is 2. The Labute approximate surface area is 273 Å². The number of urea groups is 1. The van der Waals surface area contributed by atoms with Crippen LogP contribution in [0.4, 0.5) is 26.5 Å². The quantitative estimate of drug-likeness (QED) is 0.339. The summed E-state index contributed by atoms with van der Waals surface area (Å²) >= 11 is 0. The average molecular weight is 645 g/mol. The minimum absolute atomic E-state index is 0.0764. The van der Waals surface area contributed by atoms with Gasteiger partial charge in [0.1, 0.15) is 12.4 Å². The van der Waals surface area contributed by atoms with E-state index in [4.69, 9.17) is 0 Å². The first-order valence-corrected chi connectivity index (χ1v) is 16.2. The molecule has 3 aromatic rings. The number of aliphatic carboxylic acids is 1. The standard InChI is InChI=1S/C34H41FN8O4/c1-40-15-17-41(18-16-40)34(47)38-27-10-8-23(9-11-27)19-28(33(45)46)39-32(44)26-7-4-13-42(21-26)30-29(35)31(37-22-36-30)43-14-12-24-5-2-3-6-25(24)20-43/h2-3,5-6,8-11,22,26,28H,4,7,12-21H2,1H3,(H,38,47)(H,39,44)(H,45,46)/t26?,28-/m0/s1. The van der Waals surface area contributed by atoms with E-state index in [0.717, 1.165) is 25.1 Å². The number of benzene rings is 2. The zero-order valence-corrected chi connectivity index (χ0v) is 26.6. The molecule has 1 unspecified atom stereocenters. The van der Waals surface area contributed by atoms with Crippen LogP contribution in [0.5, 0.6) is 0 Å². The normalized spacial score (nSPS) is 19.1. The van der Waals surface area contributed by atoms with Crippen molar-refractivity contribution in [3.05, 3.63) is 77.4 Å². The highest BCUT2D eigenvalue weighted by molar-refractivity contribution is 5.89. The van der Waals surface area contributed by atoms with Crippen molar-refractivity contribution >= 4 is 35.2 Å². The number of anilines is 3. The number of carboxylic acid groups (broad SMARTS) is 1. The molecule has 3 amide bonds. The van der Waals surface area contributed by atoms with Crippen LogP contribution < -0.4 is 20.4 Å². The summed E-state index contributed by atoms with van der Waals surface area (Å²) in [5, 5.41) is 15.5. The van der Waals surface area contributed by atoms with Gasteiger partial charge in [-0.25, -0.2) is 19.6 Å². The molecule has 47 heavy (non-hydrogen) atoms. The van der Waals surface area contributed by atoms with Crippen LogP contribution in [-0.4, -0.2) is 102 Å². The van der Waals surface area contributed by atoms with E-state index in [9.17, 15) is 19.5 Å². The van der Waals surface area contributed by atoms with E-state index >= 15 is 4.39 Å². The van der Waals surface area contributed by atoms with Crippen molar-refractivity contribution in [1.29, 1.82) is 0 Å². The molecular formula is C34H41FN8O4. The number of fused-ring (bicyclic) bond motifs is 1. The Hall–Kier alpha value is -4.78. The van der Waals surface area contributed by atoms with Gasteiger partial charge in [-0.05, 0) is 55.1 Å². The number of piperazine rings is 1. The maximum atomic E-state index is 15.9. The first-order valence-electron chi connectivity index (χ1n) is 16.2. The molecule has 12 nitrogen and oxygen atoms in total. The summed E-state index contributed by atoms with van der Waals surface area (Å²) < 4.78 is 15.9. The number of nitrogens with zero attached hydrogens (tertiary/aromatic N) is 6. The Kier molecular flexibility index (Phi) is 9.81. The summed E-state index contributed by atoms with van der Waals surface area (Å²) in [6.45, 7) is 4.89. The zero-order chi connectivity index (χ0) is 32.9. The van der Waals surface area contributed by atoms with Gasteiger partial charge in [-0.2, -0.15) is 4.39 Å². The van der Waals surface area contributed by atoms with E-state index in [-0.39, 0.29) is 36.5 Å². The Morgan fingerprint density at radius 2 is 1.64 bits per heavy atom. The number of carboxylic acids is 1. The molecule has 2 atom stereocenters. The van der Waals surface area contributed by atoms with Crippen molar-refractivity contribution in [3.63, 3.8) is 0 Å². The molecule has 3 N–H and O–H groups in total. The SMILES string of the molecule is CN1CCN(C(=O)Nc2ccc(C[C@H](NC(=O)C3CCCN(c4ncnc(N5CCc6ccccc6C5)c4F)C3)C(=O)O)cc2)CC1. The van der Waals surface area contributed by atoms with Gasteiger partial charge in [0.2, 0.25) is 11.7 Å². The third-order valence-corrected chi connectivity index (χ3v) is 9.32. The molecule has 0 bridgehead atoms. The second-order valence-electron chi connectivity index (χ2n) is 12.6. The summed E-state index contributed by atoms with van der Waals surface area (Å²) in [6.07, 6.45) is 3.42. The molecule has 0 saturated carbocycles. The minimum Gasteiger partial charge on any atom is -0.480 e. The lowest BCUT2D eigenvalue weighted by Gasteiger charge is -2.35.